The third kappa shape index (κ3) is 5.12. The average Bonchev–Trinajstić information content (AvgIpc) is 3.34. The minimum Gasteiger partial charge on any atom is -0.507 e. The Labute approximate surface area is 190 Å². The first-order valence-electron chi connectivity index (χ1n) is 10.2. The third-order valence-corrected chi connectivity index (χ3v) is 5.58. The summed E-state index contributed by atoms with van der Waals surface area (Å²) in [5, 5.41) is 27.9. The number of tetrazole rings is 1. The molecule has 8 heteroatoms. The molecule has 1 aromatic heterocycles. The Morgan fingerprint density at radius 3 is 2.59 bits per heavy atom. The van der Waals surface area contributed by atoms with Crippen molar-refractivity contribution in [2.75, 3.05) is 6.54 Å². The van der Waals surface area contributed by atoms with Crippen LogP contribution in [0.25, 0.3) is 11.4 Å². The summed E-state index contributed by atoms with van der Waals surface area (Å²) in [6.07, 6.45) is 1.46. The van der Waals surface area contributed by atoms with Gasteiger partial charge in [-0.1, -0.05) is 54.1 Å². The Morgan fingerprint density at radius 2 is 1.84 bits per heavy atom. The number of carbonyl (C=O) groups excluding carboxylic acids is 1. The maximum atomic E-state index is 12.6. The highest BCUT2D eigenvalue weighted by molar-refractivity contribution is 6.30. The van der Waals surface area contributed by atoms with Gasteiger partial charge in [-0.15, -0.1) is 10.2 Å². The lowest BCUT2D eigenvalue weighted by atomic mass is 9.90. The number of hydrogen-bond acceptors (Lipinski definition) is 5. The van der Waals surface area contributed by atoms with Crippen LogP contribution in [0.1, 0.15) is 33.8 Å². The SMILES string of the molecule is O=C(NCC(CCc1cc(Cl)ccc1-c1nn[nH]n1)c1ccccc1)c1ccccc1O. The second kappa shape index (κ2) is 10.1. The fourth-order valence-corrected chi connectivity index (χ4v) is 3.88. The average molecular weight is 448 g/mol. The third-order valence-electron chi connectivity index (χ3n) is 5.34. The number of rotatable bonds is 8. The second-order valence-corrected chi connectivity index (χ2v) is 7.85. The molecule has 1 atom stereocenters. The second-order valence-electron chi connectivity index (χ2n) is 7.41. The number of halogens is 1. The van der Waals surface area contributed by atoms with Crippen molar-refractivity contribution in [3.05, 3.63) is 94.5 Å². The fraction of sp³-hybridized carbons (Fsp3) is 0.167. The molecule has 0 aliphatic heterocycles. The molecule has 3 aromatic carbocycles. The number of amides is 1. The Balaban J connectivity index is 1.52. The lowest BCUT2D eigenvalue weighted by molar-refractivity contribution is 0.0948. The number of nitrogens with zero attached hydrogens (tertiary/aromatic N) is 3. The molecule has 0 saturated heterocycles. The summed E-state index contributed by atoms with van der Waals surface area (Å²) >= 11 is 6.25. The number of para-hydroxylation sites is 1. The van der Waals surface area contributed by atoms with Gasteiger partial charge in [-0.2, -0.15) is 5.21 Å². The van der Waals surface area contributed by atoms with Crippen LogP contribution in [0, 0.1) is 0 Å². The predicted molar refractivity (Wildman–Crippen MR) is 123 cm³/mol. The van der Waals surface area contributed by atoms with E-state index in [9.17, 15) is 9.90 Å². The summed E-state index contributed by atoms with van der Waals surface area (Å²) in [6, 6.07) is 22.2. The van der Waals surface area contributed by atoms with Crippen LogP contribution in [-0.4, -0.2) is 38.2 Å². The first-order chi connectivity index (χ1) is 15.6. The number of aromatic amines is 1. The van der Waals surface area contributed by atoms with Crippen LogP contribution < -0.4 is 5.32 Å². The highest BCUT2D eigenvalue weighted by Crippen LogP contribution is 2.28. The Morgan fingerprint density at radius 1 is 1.06 bits per heavy atom. The number of benzene rings is 3. The Hall–Kier alpha value is -3.71. The molecule has 0 aliphatic rings. The van der Waals surface area contributed by atoms with E-state index in [1.54, 1.807) is 24.3 Å². The number of aromatic hydroxyl groups is 1. The van der Waals surface area contributed by atoms with Crippen molar-refractivity contribution in [3.63, 3.8) is 0 Å². The summed E-state index contributed by atoms with van der Waals surface area (Å²) in [6.45, 7) is 0.426. The van der Waals surface area contributed by atoms with Crippen LogP contribution in [0.3, 0.4) is 0 Å². The number of carbonyl (C=O) groups is 1. The molecule has 0 bridgehead atoms. The van der Waals surface area contributed by atoms with Crippen molar-refractivity contribution in [3.8, 4) is 17.1 Å². The van der Waals surface area contributed by atoms with E-state index < -0.39 is 0 Å². The van der Waals surface area contributed by atoms with Gasteiger partial charge in [0.1, 0.15) is 5.75 Å². The maximum Gasteiger partial charge on any atom is 0.255 e. The van der Waals surface area contributed by atoms with Gasteiger partial charge in [-0.05, 0) is 59.5 Å². The number of phenolic OH excluding ortho intramolecular Hbond substituents is 1. The van der Waals surface area contributed by atoms with Gasteiger partial charge in [0.05, 0.1) is 5.56 Å². The number of aromatic nitrogens is 4. The molecule has 0 aliphatic carbocycles. The molecule has 4 aromatic rings. The van der Waals surface area contributed by atoms with E-state index in [1.165, 1.54) is 6.07 Å². The van der Waals surface area contributed by atoms with Crippen LogP contribution in [0.15, 0.2) is 72.8 Å². The zero-order chi connectivity index (χ0) is 22.3. The van der Waals surface area contributed by atoms with Gasteiger partial charge < -0.3 is 10.4 Å². The van der Waals surface area contributed by atoms with Crippen LogP contribution in [0.2, 0.25) is 5.02 Å². The molecular formula is C24H22ClN5O2. The zero-order valence-electron chi connectivity index (χ0n) is 17.2. The van der Waals surface area contributed by atoms with E-state index in [0.29, 0.717) is 23.8 Å². The molecule has 32 heavy (non-hydrogen) atoms. The van der Waals surface area contributed by atoms with Crippen LogP contribution >= 0.6 is 11.6 Å². The van der Waals surface area contributed by atoms with Crippen molar-refractivity contribution in [2.24, 2.45) is 0 Å². The summed E-state index contributed by atoms with van der Waals surface area (Å²) in [5.41, 5.74) is 3.25. The van der Waals surface area contributed by atoms with Crippen molar-refractivity contribution >= 4 is 17.5 Å². The molecule has 4 rings (SSSR count). The summed E-state index contributed by atoms with van der Waals surface area (Å²) in [7, 11) is 0. The lowest BCUT2D eigenvalue weighted by Crippen LogP contribution is -2.28. The number of aryl methyl sites for hydroxylation is 1. The van der Waals surface area contributed by atoms with Gasteiger partial charge >= 0.3 is 0 Å². The predicted octanol–water partition coefficient (Wildman–Crippen LogP) is 4.37. The molecule has 7 nitrogen and oxygen atoms in total. The number of phenols is 1. The van der Waals surface area contributed by atoms with Gasteiger partial charge in [0.2, 0.25) is 5.82 Å². The first-order valence-corrected chi connectivity index (χ1v) is 10.6. The minimum absolute atomic E-state index is 0.0371. The highest BCUT2D eigenvalue weighted by Gasteiger charge is 2.17. The Bertz CT molecular complexity index is 1180. The molecule has 1 unspecified atom stereocenters. The minimum atomic E-state index is -0.306. The molecule has 0 radical (unpaired) electrons. The normalized spacial score (nSPS) is 11.8. The molecular weight excluding hydrogens is 426 g/mol. The molecule has 1 amide bonds. The van der Waals surface area contributed by atoms with E-state index in [2.05, 4.69) is 38.1 Å². The van der Waals surface area contributed by atoms with Crippen molar-refractivity contribution in [2.45, 2.75) is 18.8 Å². The van der Waals surface area contributed by atoms with Crippen LogP contribution in [0.4, 0.5) is 0 Å². The monoisotopic (exact) mass is 447 g/mol. The molecule has 0 fully saturated rings. The van der Waals surface area contributed by atoms with Gasteiger partial charge in [0, 0.05) is 23.0 Å². The van der Waals surface area contributed by atoms with E-state index in [4.69, 9.17) is 11.6 Å². The maximum absolute atomic E-state index is 12.6. The van der Waals surface area contributed by atoms with E-state index >= 15 is 0 Å². The summed E-state index contributed by atoms with van der Waals surface area (Å²) in [5.74, 6) is 0.230. The number of hydrogen-bond donors (Lipinski definition) is 3. The van der Waals surface area contributed by atoms with Gasteiger partial charge in [-0.3, -0.25) is 4.79 Å². The Kier molecular flexibility index (Phi) is 6.77. The van der Waals surface area contributed by atoms with Gasteiger partial charge in [0.15, 0.2) is 0 Å². The quantitative estimate of drug-likeness (QED) is 0.372. The van der Waals surface area contributed by atoms with Crippen LogP contribution in [0.5, 0.6) is 5.75 Å². The molecule has 0 saturated carbocycles. The fourth-order valence-electron chi connectivity index (χ4n) is 3.68. The molecule has 3 N–H and O–H groups in total. The van der Waals surface area contributed by atoms with Crippen molar-refractivity contribution in [1.82, 2.24) is 25.9 Å². The first kappa shape index (κ1) is 21.5. The molecule has 0 spiro atoms. The van der Waals surface area contributed by atoms with Gasteiger partial charge in [-0.25, -0.2) is 0 Å². The summed E-state index contributed by atoms with van der Waals surface area (Å²) < 4.78 is 0. The standard InChI is InChI=1S/C24H22ClN5O2/c25-19-12-13-20(23-27-29-30-28-23)17(14-19)10-11-18(16-6-2-1-3-7-16)15-26-24(32)21-8-4-5-9-22(21)31/h1-9,12-14,18,31H,10-11,15H2,(H,26,32)(H,27,28,29,30). The molecule has 1 heterocycles. The highest BCUT2D eigenvalue weighted by atomic mass is 35.5. The zero-order valence-corrected chi connectivity index (χ0v) is 18.0. The topological polar surface area (TPSA) is 104 Å². The number of nitrogens with one attached hydrogen (secondary N) is 2. The van der Waals surface area contributed by atoms with E-state index in [1.807, 2.05) is 30.3 Å². The largest absolute Gasteiger partial charge is 0.507 e. The van der Waals surface area contributed by atoms with Crippen molar-refractivity contribution in [1.29, 1.82) is 0 Å². The van der Waals surface area contributed by atoms with E-state index in [-0.39, 0.29) is 23.1 Å². The molecule has 162 valence electrons. The smallest absolute Gasteiger partial charge is 0.255 e. The van der Waals surface area contributed by atoms with Crippen LogP contribution in [-0.2, 0) is 6.42 Å². The van der Waals surface area contributed by atoms with Gasteiger partial charge in [0.25, 0.3) is 5.91 Å². The van der Waals surface area contributed by atoms with Crippen molar-refractivity contribution < 1.29 is 9.90 Å². The van der Waals surface area contributed by atoms with E-state index in [0.717, 1.165) is 23.1 Å². The summed E-state index contributed by atoms with van der Waals surface area (Å²) in [4.78, 5) is 12.6. The number of H-pyrrole nitrogens is 1. The lowest BCUT2D eigenvalue weighted by Gasteiger charge is -2.19.